The van der Waals surface area contributed by atoms with Gasteiger partial charge in [-0.1, -0.05) is 19.8 Å². The summed E-state index contributed by atoms with van der Waals surface area (Å²) in [6.45, 7) is 2.68. The standard InChI is InChI=1S/C14H22N2OS2/c1-2-3-4-10(9-15)16-14(17)13-11-5-7-18-12(11)6-8-19-13/h5,7,10,13H,2-4,6,8-9,15H2,1H3,(H,16,17). The monoisotopic (exact) mass is 298 g/mol. The molecule has 5 heteroatoms. The largest absolute Gasteiger partial charge is 0.351 e. The molecule has 19 heavy (non-hydrogen) atoms. The highest BCUT2D eigenvalue weighted by atomic mass is 32.2. The van der Waals surface area contributed by atoms with Crippen molar-refractivity contribution in [1.82, 2.24) is 5.32 Å². The van der Waals surface area contributed by atoms with E-state index in [0.29, 0.717) is 6.54 Å². The van der Waals surface area contributed by atoms with Crippen molar-refractivity contribution in [2.24, 2.45) is 5.73 Å². The summed E-state index contributed by atoms with van der Waals surface area (Å²) in [6, 6.07) is 2.22. The Morgan fingerprint density at radius 3 is 3.21 bits per heavy atom. The number of carbonyl (C=O) groups excluding carboxylic acids is 1. The topological polar surface area (TPSA) is 55.1 Å². The van der Waals surface area contributed by atoms with Gasteiger partial charge in [0.05, 0.1) is 0 Å². The van der Waals surface area contributed by atoms with Crippen LogP contribution in [0.4, 0.5) is 0 Å². The highest BCUT2D eigenvalue weighted by Crippen LogP contribution is 2.39. The molecule has 0 bridgehead atoms. The summed E-state index contributed by atoms with van der Waals surface area (Å²) in [5, 5.41) is 5.18. The molecule has 106 valence electrons. The number of nitrogens with two attached hydrogens (primary N) is 1. The minimum atomic E-state index is -0.0364. The molecule has 0 spiro atoms. The number of unbranched alkanes of at least 4 members (excludes halogenated alkanes) is 1. The molecule has 0 radical (unpaired) electrons. The van der Waals surface area contributed by atoms with E-state index in [9.17, 15) is 4.79 Å². The van der Waals surface area contributed by atoms with Crippen LogP contribution in [0.2, 0.25) is 0 Å². The number of aryl methyl sites for hydroxylation is 1. The second-order valence-corrected chi connectivity index (χ2v) is 7.10. The number of hydrogen-bond acceptors (Lipinski definition) is 4. The van der Waals surface area contributed by atoms with Crippen LogP contribution in [0.5, 0.6) is 0 Å². The van der Waals surface area contributed by atoms with E-state index in [1.807, 2.05) is 0 Å². The molecule has 3 N–H and O–H groups in total. The van der Waals surface area contributed by atoms with Crippen LogP contribution in [0, 0.1) is 0 Å². The van der Waals surface area contributed by atoms with Crippen LogP contribution in [-0.2, 0) is 11.2 Å². The molecule has 1 aromatic heterocycles. The van der Waals surface area contributed by atoms with Crippen LogP contribution < -0.4 is 11.1 Å². The Balaban J connectivity index is 1.97. The maximum Gasteiger partial charge on any atom is 0.237 e. The first-order valence-corrected chi connectivity index (χ1v) is 8.87. The van der Waals surface area contributed by atoms with Gasteiger partial charge in [0.25, 0.3) is 0 Å². The lowest BCUT2D eigenvalue weighted by Crippen LogP contribution is -2.42. The van der Waals surface area contributed by atoms with Crippen molar-refractivity contribution in [3.05, 3.63) is 21.9 Å². The molecule has 2 heterocycles. The smallest absolute Gasteiger partial charge is 0.237 e. The molecule has 1 amide bonds. The quantitative estimate of drug-likeness (QED) is 0.849. The number of thioether (sulfide) groups is 1. The lowest BCUT2D eigenvalue weighted by atomic mass is 10.1. The predicted octanol–water partition coefficient (Wildman–Crippen LogP) is 2.71. The second-order valence-electron chi connectivity index (χ2n) is 4.88. The third-order valence-corrected chi connectivity index (χ3v) is 5.69. The number of carbonyl (C=O) groups is 1. The summed E-state index contributed by atoms with van der Waals surface area (Å²) in [6.07, 6.45) is 4.33. The summed E-state index contributed by atoms with van der Waals surface area (Å²) in [7, 11) is 0. The predicted molar refractivity (Wildman–Crippen MR) is 83.7 cm³/mol. The average Bonchev–Trinajstić information content (AvgIpc) is 2.91. The maximum absolute atomic E-state index is 12.4. The van der Waals surface area contributed by atoms with Crippen LogP contribution >= 0.6 is 23.1 Å². The van der Waals surface area contributed by atoms with E-state index < -0.39 is 0 Å². The van der Waals surface area contributed by atoms with Gasteiger partial charge in [0.1, 0.15) is 5.25 Å². The molecule has 0 aliphatic carbocycles. The van der Waals surface area contributed by atoms with E-state index in [-0.39, 0.29) is 17.2 Å². The Kier molecular flexibility index (Phi) is 5.73. The van der Waals surface area contributed by atoms with Crippen LogP contribution in [0.3, 0.4) is 0 Å². The Morgan fingerprint density at radius 1 is 1.63 bits per heavy atom. The normalized spacial score (nSPS) is 19.8. The fourth-order valence-electron chi connectivity index (χ4n) is 2.34. The van der Waals surface area contributed by atoms with Crippen molar-refractivity contribution in [1.29, 1.82) is 0 Å². The Bertz CT molecular complexity index is 419. The van der Waals surface area contributed by atoms with Gasteiger partial charge >= 0.3 is 0 Å². The van der Waals surface area contributed by atoms with E-state index in [4.69, 9.17) is 5.73 Å². The molecule has 2 rings (SSSR count). The highest BCUT2D eigenvalue weighted by molar-refractivity contribution is 8.00. The molecule has 0 saturated carbocycles. The fraction of sp³-hybridized carbons (Fsp3) is 0.643. The van der Waals surface area contributed by atoms with E-state index in [0.717, 1.165) is 31.4 Å². The number of thiophene rings is 1. The van der Waals surface area contributed by atoms with Gasteiger partial charge in [-0.05, 0) is 35.6 Å². The first kappa shape index (κ1) is 14.9. The Morgan fingerprint density at radius 2 is 2.47 bits per heavy atom. The van der Waals surface area contributed by atoms with Crippen molar-refractivity contribution < 1.29 is 4.79 Å². The van der Waals surface area contributed by atoms with E-state index in [1.165, 1.54) is 10.4 Å². The SMILES string of the molecule is CCCCC(CN)NC(=O)C1SCCc2sccc21. The van der Waals surface area contributed by atoms with Gasteiger partial charge in [0.15, 0.2) is 0 Å². The summed E-state index contributed by atoms with van der Waals surface area (Å²) >= 11 is 3.52. The first-order chi connectivity index (χ1) is 9.26. The molecule has 1 aliphatic heterocycles. The zero-order chi connectivity index (χ0) is 13.7. The van der Waals surface area contributed by atoms with Crippen molar-refractivity contribution in [3.63, 3.8) is 0 Å². The van der Waals surface area contributed by atoms with Gasteiger partial charge in [-0.3, -0.25) is 4.79 Å². The summed E-state index contributed by atoms with van der Waals surface area (Å²) in [4.78, 5) is 13.8. The molecule has 1 aromatic rings. The fourth-order valence-corrected chi connectivity index (χ4v) is 4.64. The Hall–Kier alpha value is -0.520. The van der Waals surface area contributed by atoms with Gasteiger partial charge in [-0.25, -0.2) is 0 Å². The zero-order valence-corrected chi connectivity index (χ0v) is 13.0. The minimum Gasteiger partial charge on any atom is -0.351 e. The number of rotatable bonds is 6. The van der Waals surface area contributed by atoms with Crippen molar-refractivity contribution in [3.8, 4) is 0 Å². The molecule has 0 fully saturated rings. The number of amides is 1. The molecule has 2 unspecified atom stereocenters. The molecule has 1 aliphatic rings. The lowest BCUT2D eigenvalue weighted by molar-refractivity contribution is -0.121. The van der Waals surface area contributed by atoms with Gasteiger partial charge in [0, 0.05) is 17.5 Å². The van der Waals surface area contributed by atoms with Crippen molar-refractivity contribution >= 4 is 29.0 Å². The summed E-state index contributed by atoms with van der Waals surface area (Å²) < 4.78 is 0. The third-order valence-electron chi connectivity index (χ3n) is 3.45. The van der Waals surface area contributed by atoms with Crippen LogP contribution in [0.15, 0.2) is 11.4 Å². The van der Waals surface area contributed by atoms with Gasteiger partial charge < -0.3 is 11.1 Å². The molecule has 2 atom stereocenters. The van der Waals surface area contributed by atoms with Gasteiger partial charge in [-0.2, -0.15) is 0 Å². The van der Waals surface area contributed by atoms with Crippen molar-refractivity contribution in [2.75, 3.05) is 12.3 Å². The molecule has 0 aromatic carbocycles. The number of nitrogens with one attached hydrogen (secondary N) is 1. The van der Waals surface area contributed by atoms with Gasteiger partial charge in [0.2, 0.25) is 5.91 Å². The maximum atomic E-state index is 12.4. The second kappa shape index (κ2) is 7.31. The number of hydrogen-bond donors (Lipinski definition) is 2. The minimum absolute atomic E-state index is 0.0364. The number of fused-ring (bicyclic) bond motifs is 1. The first-order valence-electron chi connectivity index (χ1n) is 6.94. The lowest BCUT2D eigenvalue weighted by Gasteiger charge is -2.24. The highest BCUT2D eigenvalue weighted by Gasteiger charge is 2.28. The molecule has 0 saturated heterocycles. The van der Waals surface area contributed by atoms with Gasteiger partial charge in [-0.15, -0.1) is 23.1 Å². The Labute approximate surface area is 123 Å². The van der Waals surface area contributed by atoms with E-state index in [2.05, 4.69) is 23.7 Å². The summed E-state index contributed by atoms with van der Waals surface area (Å²) in [5.41, 5.74) is 6.96. The van der Waals surface area contributed by atoms with Crippen LogP contribution in [0.1, 0.15) is 41.9 Å². The third kappa shape index (κ3) is 3.74. The molecular formula is C14H22N2OS2. The zero-order valence-electron chi connectivity index (χ0n) is 11.4. The van der Waals surface area contributed by atoms with Crippen LogP contribution in [0.25, 0.3) is 0 Å². The molecular weight excluding hydrogens is 276 g/mol. The summed E-state index contributed by atoms with van der Waals surface area (Å²) in [5.74, 6) is 1.17. The average molecular weight is 298 g/mol. The van der Waals surface area contributed by atoms with Crippen LogP contribution in [-0.4, -0.2) is 24.2 Å². The van der Waals surface area contributed by atoms with Crippen molar-refractivity contribution in [2.45, 2.75) is 43.9 Å². The van der Waals surface area contributed by atoms with E-state index >= 15 is 0 Å². The van der Waals surface area contributed by atoms with E-state index in [1.54, 1.807) is 23.1 Å². The molecule has 3 nitrogen and oxygen atoms in total.